The Labute approximate surface area is 97.4 Å². The molecule has 4 heteroatoms. The lowest BCUT2D eigenvalue weighted by Crippen LogP contribution is -2.32. The summed E-state index contributed by atoms with van der Waals surface area (Å²) in [6.07, 6.45) is 5.85. The Kier molecular flexibility index (Phi) is 6.42. The average Bonchev–Trinajstić information content (AvgIpc) is 2.70. The number of aliphatic hydroxyl groups excluding tert-OH is 1. The number of carbonyl (C=O) groups excluding carboxylic acids is 1. The van der Waals surface area contributed by atoms with Crippen LogP contribution in [-0.4, -0.2) is 36.4 Å². The third kappa shape index (κ3) is 4.94. The van der Waals surface area contributed by atoms with Crippen molar-refractivity contribution in [1.29, 1.82) is 0 Å². The Morgan fingerprint density at radius 1 is 1.38 bits per heavy atom. The largest absolute Gasteiger partial charge is 0.465 e. The second kappa shape index (κ2) is 7.63. The number of esters is 1. The van der Waals surface area contributed by atoms with E-state index in [1.807, 2.05) is 0 Å². The molecule has 0 spiro atoms. The maximum absolute atomic E-state index is 11.5. The molecule has 0 aromatic carbocycles. The van der Waals surface area contributed by atoms with E-state index in [-0.39, 0.29) is 12.0 Å². The first-order valence-electron chi connectivity index (χ1n) is 6.32. The molecular formula is C12H23NO3. The predicted octanol–water partition coefficient (Wildman–Crippen LogP) is 1.22. The molecule has 94 valence electrons. The fourth-order valence-electron chi connectivity index (χ4n) is 1.88. The van der Waals surface area contributed by atoms with Gasteiger partial charge in [0.1, 0.15) is 6.04 Å². The number of carbonyl (C=O) groups is 1. The SMILES string of the molecule is CCCCCCCOC(=O)[C@@H]1C[C@H](O)CN1. The summed E-state index contributed by atoms with van der Waals surface area (Å²) in [5.74, 6) is -0.216. The number of rotatable bonds is 7. The van der Waals surface area contributed by atoms with Crippen LogP contribution in [-0.2, 0) is 9.53 Å². The highest BCUT2D eigenvalue weighted by Crippen LogP contribution is 2.08. The molecule has 1 heterocycles. The number of hydrogen-bond donors (Lipinski definition) is 2. The highest BCUT2D eigenvalue weighted by atomic mass is 16.5. The zero-order chi connectivity index (χ0) is 11.8. The normalized spacial score (nSPS) is 24.6. The van der Waals surface area contributed by atoms with E-state index in [4.69, 9.17) is 4.74 Å². The van der Waals surface area contributed by atoms with Crippen LogP contribution in [0.3, 0.4) is 0 Å². The van der Waals surface area contributed by atoms with Crippen molar-refractivity contribution in [2.75, 3.05) is 13.2 Å². The third-order valence-corrected chi connectivity index (χ3v) is 2.88. The van der Waals surface area contributed by atoms with E-state index in [9.17, 15) is 9.90 Å². The fraction of sp³-hybridized carbons (Fsp3) is 0.917. The fourth-order valence-corrected chi connectivity index (χ4v) is 1.88. The number of aliphatic hydroxyl groups is 1. The van der Waals surface area contributed by atoms with Crippen molar-refractivity contribution in [2.24, 2.45) is 0 Å². The van der Waals surface area contributed by atoms with E-state index in [0.29, 0.717) is 19.6 Å². The topological polar surface area (TPSA) is 58.6 Å². The van der Waals surface area contributed by atoms with Crippen molar-refractivity contribution in [1.82, 2.24) is 5.32 Å². The zero-order valence-electron chi connectivity index (χ0n) is 10.1. The number of β-amino-alcohol motifs (C(OH)–C–C–N with tert-alkyl or cyclic N) is 1. The summed E-state index contributed by atoms with van der Waals surface area (Å²) < 4.78 is 5.14. The van der Waals surface area contributed by atoms with Crippen LogP contribution in [0.15, 0.2) is 0 Å². The summed E-state index contributed by atoms with van der Waals surface area (Å²) in [4.78, 5) is 11.5. The molecule has 2 atom stereocenters. The molecule has 1 rings (SSSR count). The van der Waals surface area contributed by atoms with Gasteiger partial charge in [0, 0.05) is 13.0 Å². The first-order chi connectivity index (χ1) is 7.74. The summed E-state index contributed by atoms with van der Waals surface area (Å²) in [5, 5.41) is 12.2. The molecule has 0 radical (unpaired) electrons. The molecule has 0 aromatic rings. The summed E-state index contributed by atoms with van der Waals surface area (Å²) >= 11 is 0. The van der Waals surface area contributed by atoms with Gasteiger partial charge in [0.2, 0.25) is 0 Å². The summed E-state index contributed by atoms with van der Waals surface area (Å²) in [7, 11) is 0. The van der Waals surface area contributed by atoms with Crippen LogP contribution < -0.4 is 5.32 Å². The molecule has 0 aliphatic carbocycles. The van der Waals surface area contributed by atoms with Crippen LogP contribution in [0.2, 0.25) is 0 Å². The van der Waals surface area contributed by atoms with Crippen molar-refractivity contribution in [2.45, 2.75) is 57.6 Å². The van der Waals surface area contributed by atoms with Gasteiger partial charge < -0.3 is 15.2 Å². The van der Waals surface area contributed by atoms with Crippen LogP contribution in [0.4, 0.5) is 0 Å². The van der Waals surface area contributed by atoms with Crippen molar-refractivity contribution in [3.8, 4) is 0 Å². The van der Waals surface area contributed by atoms with E-state index in [1.165, 1.54) is 19.3 Å². The Bertz CT molecular complexity index is 208. The molecule has 16 heavy (non-hydrogen) atoms. The molecule has 2 N–H and O–H groups in total. The van der Waals surface area contributed by atoms with Crippen LogP contribution >= 0.6 is 0 Å². The van der Waals surface area contributed by atoms with Crippen LogP contribution in [0.25, 0.3) is 0 Å². The van der Waals surface area contributed by atoms with Crippen LogP contribution in [0.5, 0.6) is 0 Å². The second-order valence-electron chi connectivity index (χ2n) is 4.43. The maximum Gasteiger partial charge on any atom is 0.323 e. The summed E-state index contributed by atoms with van der Waals surface area (Å²) in [6.45, 7) is 3.18. The predicted molar refractivity (Wildman–Crippen MR) is 62.1 cm³/mol. The van der Waals surface area contributed by atoms with Gasteiger partial charge in [-0.25, -0.2) is 0 Å². The van der Waals surface area contributed by atoms with Gasteiger partial charge in [0.25, 0.3) is 0 Å². The first-order valence-corrected chi connectivity index (χ1v) is 6.32. The lowest BCUT2D eigenvalue weighted by Gasteiger charge is -2.09. The average molecular weight is 229 g/mol. The van der Waals surface area contributed by atoms with Crippen LogP contribution in [0, 0.1) is 0 Å². The summed E-state index contributed by atoms with van der Waals surface area (Å²) in [6, 6.07) is -0.300. The van der Waals surface area contributed by atoms with E-state index >= 15 is 0 Å². The number of unbranched alkanes of at least 4 members (excludes halogenated alkanes) is 4. The standard InChI is InChI=1S/C12H23NO3/c1-2-3-4-5-6-7-16-12(15)11-8-10(14)9-13-11/h10-11,13-14H,2-9H2,1H3/t10-,11-/m0/s1. The lowest BCUT2D eigenvalue weighted by molar-refractivity contribution is -0.146. The smallest absolute Gasteiger partial charge is 0.323 e. The van der Waals surface area contributed by atoms with Crippen molar-refractivity contribution in [3.63, 3.8) is 0 Å². The Hall–Kier alpha value is -0.610. The molecule has 0 bridgehead atoms. The van der Waals surface area contributed by atoms with Gasteiger partial charge in [-0.05, 0) is 6.42 Å². The molecule has 1 saturated heterocycles. The van der Waals surface area contributed by atoms with E-state index < -0.39 is 6.10 Å². The van der Waals surface area contributed by atoms with Crippen molar-refractivity contribution < 1.29 is 14.6 Å². The molecule has 1 fully saturated rings. The molecule has 0 saturated carbocycles. The Morgan fingerprint density at radius 2 is 2.12 bits per heavy atom. The monoisotopic (exact) mass is 229 g/mol. The minimum Gasteiger partial charge on any atom is -0.465 e. The first kappa shape index (κ1) is 13.5. The Morgan fingerprint density at radius 3 is 2.75 bits per heavy atom. The van der Waals surface area contributed by atoms with Crippen LogP contribution in [0.1, 0.15) is 45.4 Å². The van der Waals surface area contributed by atoms with Gasteiger partial charge in [-0.3, -0.25) is 4.79 Å². The van der Waals surface area contributed by atoms with E-state index in [0.717, 1.165) is 12.8 Å². The van der Waals surface area contributed by atoms with E-state index in [1.54, 1.807) is 0 Å². The van der Waals surface area contributed by atoms with Gasteiger partial charge in [-0.1, -0.05) is 32.6 Å². The Balaban J connectivity index is 1.98. The third-order valence-electron chi connectivity index (χ3n) is 2.88. The van der Waals surface area contributed by atoms with E-state index in [2.05, 4.69) is 12.2 Å². The van der Waals surface area contributed by atoms with Crippen molar-refractivity contribution in [3.05, 3.63) is 0 Å². The highest BCUT2D eigenvalue weighted by Gasteiger charge is 2.28. The van der Waals surface area contributed by atoms with Gasteiger partial charge in [0.15, 0.2) is 0 Å². The molecular weight excluding hydrogens is 206 g/mol. The quantitative estimate of drug-likeness (QED) is 0.509. The van der Waals surface area contributed by atoms with Crippen molar-refractivity contribution >= 4 is 5.97 Å². The highest BCUT2D eigenvalue weighted by molar-refractivity contribution is 5.76. The molecule has 4 nitrogen and oxygen atoms in total. The summed E-state index contributed by atoms with van der Waals surface area (Å²) in [5.41, 5.74) is 0. The molecule has 1 aliphatic heterocycles. The van der Waals surface area contributed by atoms with Gasteiger partial charge in [0.05, 0.1) is 12.7 Å². The van der Waals surface area contributed by atoms with Gasteiger partial charge in [-0.15, -0.1) is 0 Å². The molecule has 0 amide bonds. The molecule has 0 aromatic heterocycles. The van der Waals surface area contributed by atoms with Gasteiger partial charge in [-0.2, -0.15) is 0 Å². The number of ether oxygens (including phenoxy) is 1. The molecule has 0 unspecified atom stereocenters. The zero-order valence-corrected chi connectivity index (χ0v) is 10.1. The minimum absolute atomic E-state index is 0.216. The van der Waals surface area contributed by atoms with Gasteiger partial charge >= 0.3 is 5.97 Å². The number of nitrogens with one attached hydrogen (secondary N) is 1. The lowest BCUT2D eigenvalue weighted by atomic mass is 10.2. The maximum atomic E-state index is 11.5. The molecule has 1 aliphatic rings. The second-order valence-corrected chi connectivity index (χ2v) is 4.43. The minimum atomic E-state index is -0.401. The number of hydrogen-bond acceptors (Lipinski definition) is 4.